The van der Waals surface area contributed by atoms with E-state index in [-0.39, 0.29) is 11.8 Å². The topological polar surface area (TPSA) is 86.3 Å². The highest BCUT2D eigenvalue weighted by molar-refractivity contribution is 5.95. The Kier molecular flexibility index (Phi) is 4.47. The molecule has 0 aliphatic carbocycles. The number of hydrogen-bond donors (Lipinski definition) is 2. The van der Waals surface area contributed by atoms with Crippen molar-refractivity contribution in [2.45, 2.75) is 33.2 Å². The standard InChI is InChI=1S/C12H19N3O3/c1-7(2)5-9(12(17)18)15(4)11(16)10-8(3)6-13-14-10/h6-7,9H,5H2,1-4H3,(H,13,14)(H,17,18). The normalized spacial score (nSPS) is 12.5. The van der Waals surface area contributed by atoms with Gasteiger partial charge in [0.1, 0.15) is 11.7 Å². The minimum absolute atomic E-state index is 0.198. The molecule has 0 saturated carbocycles. The van der Waals surface area contributed by atoms with E-state index in [1.807, 2.05) is 13.8 Å². The summed E-state index contributed by atoms with van der Waals surface area (Å²) in [7, 11) is 1.50. The highest BCUT2D eigenvalue weighted by Crippen LogP contribution is 2.14. The van der Waals surface area contributed by atoms with Crippen LogP contribution in [0.25, 0.3) is 0 Å². The van der Waals surface area contributed by atoms with E-state index in [4.69, 9.17) is 0 Å². The van der Waals surface area contributed by atoms with Gasteiger partial charge < -0.3 is 10.0 Å². The number of rotatable bonds is 5. The van der Waals surface area contributed by atoms with Crippen LogP contribution in [0.15, 0.2) is 6.20 Å². The number of aryl methyl sites for hydroxylation is 1. The Balaban J connectivity index is 2.90. The number of H-pyrrole nitrogens is 1. The Morgan fingerprint density at radius 2 is 2.11 bits per heavy atom. The number of carbonyl (C=O) groups excluding carboxylic acids is 1. The molecule has 1 aromatic heterocycles. The van der Waals surface area contributed by atoms with E-state index >= 15 is 0 Å². The zero-order valence-corrected chi connectivity index (χ0v) is 11.1. The number of hydrogen-bond acceptors (Lipinski definition) is 3. The van der Waals surface area contributed by atoms with Gasteiger partial charge in [-0.2, -0.15) is 5.10 Å². The number of nitrogens with one attached hydrogen (secondary N) is 1. The van der Waals surface area contributed by atoms with Crippen molar-refractivity contribution in [1.29, 1.82) is 0 Å². The lowest BCUT2D eigenvalue weighted by atomic mass is 10.0. The number of likely N-dealkylation sites (N-methyl/N-ethyl adjacent to an activating group) is 1. The Morgan fingerprint density at radius 1 is 1.50 bits per heavy atom. The average Bonchev–Trinajstić information content (AvgIpc) is 2.69. The second-order valence-electron chi connectivity index (χ2n) is 4.83. The van der Waals surface area contributed by atoms with Crippen molar-refractivity contribution < 1.29 is 14.7 Å². The molecule has 1 atom stereocenters. The molecule has 18 heavy (non-hydrogen) atoms. The first-order valence-electron chi connectivity index (χ1n) is 5.84. The van der Waals surface area contributed by atoms with Crippen molar-refractivity contribution >= 4 is 11.9 Å². The molecule has 0 aliphatic heterocycles. The summed E-state index contributed by atoms with van der Waals surface area (Å²) in [6.45, 7) is 5.61. The Labute approximate surface area is 106 Å². The molecule has 0 spiro atoms. The molecule has 0 aromatic carbocycles. The fourth-order valence-electron chi connectivity index (χ4n) is 1.75. The predicted molar refractivity (Wildman–Crippen MR) is 66.3 cm³/mol. The van der Waals surface area contributed by atoms with Gasteiger partial charge in [0.05, 0.1) is 6.20 Å². The Morgan fingerprint density at radius 3 is 2.50 bits per heavy atom. The Hall–Kier alpha value is -1.85. The molecular formula is C12H19N3O3. The van der Waals surface area contributed by atoms with Crippen LogP contribution in [0.5, 0.6) is 0 Å². The minimum Gasteiger partial charge on any atom is -0.480 e. The lowest BCUT2D eigenvalue weighted by Crippen LogP contribution is -2.43. The number of nitrogens with zero attached hydrogens (tertiary/aromatic N) is 2. The van der Waals surface area contributed by atoms with Crippen LogP contribution in [0.4, 0.5) is 0 Å². The van der Waals surface area contributed by atoms with Gasteiger partial charge in [-0.15, -0.1) is 0 Å². The number of carboxylic acids is 1. The fraction of sp³-hybridized carbons (Fsp3) is 0.583. The summed E-state index contributed by atoms with van der Waals surface area (Å²) in [6, 6.07) is -0.819. The van der Waals surface area contributed by atoms with Gasteiger partial charge in [-0.25, -0.2) is 4.79 Å². The number of aromatic amines is 1. The molecule has 0 bridgehead atoms. The van der Waals surface area contributed by atoms with Crippen LogP contribution in [0.2, 0.25) is 0 Å². The molecule has 6 heteroatoms. The monoisotopic (exact) mass is 253 g/mol. The van der Waals surface area contributed by atoms with Gasteiger partial charge in [0.15, 0.2) is 0 Å². The van der Waals surface area contributed by atoms with Crippen LogP contribution in [0.1, 0.15) is 36.3 Å². The molecule has 0 radical (unpaired) electrons. The van der Waals surface area contributed by atoms with Gasteiger partial charge in [-0.05, 0) is 24.8 Å². The maximum atomic E-state index is 12.1. The molecular weight excluding hydrogens is 234 g/mol. The Bertz CT molecular complexity index is 440. The third-order valence-corrected chi connectivity index (χ3v) is 2.81. The van der Waals surface area contributed by atoms with E-state index < -0.39 is 12.0 Å². The van der Waals surface area contributed by atoms with Crippen molar-refractivity contribution in [3.63, 3.8) is 0 Å². The zero-order chi connectivity index (χ0) is 13.9. The van der Waals surface area contributed by atoms with Crippen molar-refractivity contribution in [1.82, 2.24) is 15.1 Å². The molecule has 1 aromatic rings. The van der Waals surface area contributed by atoms with Crippen LogP contribution in [-0.2, 0) is 4.79 Å². The molecule has 1 rings (SSSR count). The molecule has 0 fully saturated rings. The highest BCUT2D eigenvalue weighted by Gasteiger charge is 2.29. The smallest absolute Gasteiger partial charge is 0.326 e. The number of aliphatic carboxylic acids is 1. The molecule has 0 saturated heterocycles. The van der Waals surface area contributed by atoms with Gasteiger partial charge in [-0.3, -0.25) is 9.89 Å². The summed E-state index contributed by atoms with van der Waals surface area (Å²) >= 11 is 0. The molecule has 2 N–H and O–H groups in total. The second kappa shape index (κ2) is 5.66. The van der Waals surface area contributed by atoms with Gasteiger partial charge in [0, 0.05) is 7.05 Å². The molecule has 1 unspecified atom stereocenters. The summed E-state index contributed by atoms with van der Waals surface area (Å²) < 4.78 is 0. The zero-order valence-electron chi connectivity index (χ0n) is 11.1. The van der Waals surface area contributed by atoms with Gasteiger partial charge in [0.2, 0.25) is 0 Å². The summed E-state index contributed by atoms with van der Waals surface area (Å²) in [4.78, 5) is 24.6. The highest BCUT2D eigenvalue weighted by atomic mass is 16.4. The molecule has 1 amide bonds. The third-order valence-electron chi connectivity index (χ3n) is 2.81. The van der Waals surface area contributed by atoms with Crippen molar-refractivity contribution in [2.24, 2.45) is 5.92 Å². The largest absolute Gasteiger partial charge is 0.480 e. The number of carbonyl (C=O) groups is 2. The van der Waals surface area contributed by atoms with Crippen molar-refractivity contribution in [2.75, 3.05) is 7.05 Å². The van der Waals surface area contributed by atoms with E-state index in [0.29, 0.717) is 17.7 Å². The predicted octanol–water partition coefficient (Wildman–Crippen LogP) is 1.29. The first kappa shape index (κ1) is 14.2. The van der Waals surface area contributed by atoms with E-state index in [2.05, 4.69) is 10.2 Å². The van der Waals surface area contributed by atoms with Crippen LogP contribution in [0.3, 0.4) is 0 Å². The van der Waals surface area contributed by atoms with Crippen LogP contribution in [0, 0.1) is 12.8 Å². The summed E-state index contributed by atoms with van der Waals surface area (Å²) in [6.07, 6.45) is 1.96. The van der Waals surface area contributed by atoms with Gasteiger partial charge in [0.25, 0.3) is 5.91 Å². The number of amides is 1. The lowest BCUT2D eigenvalue weighted by Gasteiger charge is -2.25. The van der Waals surface area contributed by atoms with Gasteiger partial charge in [-0.1, -0.05) is 13.8 Å². The number of carboxylic acid groups (broad SMARTS) is 1. The maximum Gasteiger partial charge on any atom is 0.326 e. The first-order chi connectivity index (χ1) is 8.34. The van der Waals surface area contributed by atoms with E-state index in [0.717, 1.165) is 0 Å². The number of aromatic nitrogens is 2. The fourth-order valence-corrected chi connectivity index (χ4v) is 1.75. The van der Waals surface area contributed by atoms with E-state index in [9.17, 15) is 14.7 Å². The van der Waals surface area contributed by atoms with Crippen molar-refractivity contribution in [3.05, 3.63) is 17.5 Å². The van der Waals surface area contributed by atoms with Gasteiger partial charge >= 0.3 is 5.97 Å². The lowest BCUT2D eigenvalue weighted by molar-refractivity contribution is -0.142. The average molecular weight is 253 g/mol. The maximum absolute atomic E-state index is 12.1. The minimum atomic E-state index is -0.989. The van der Waals surface area contributed by atoms with Crippen LogP contribution >= 0.6 is 0 Å². The van der Waals surface area contributed by atoms with E-state index in [1.54, 1.807) is 13.1 Å². The summed E-state index contributed by atoms with van der Waals surface area (Å²) in [5.41, 5.74) is 1.05. The molecule has 1 heterocycles. The van der Waals surface area contributed by atoms with E-state index in [1.165, 1.54) is 11.9 Å². The summed E-state index contributed by atoms with van der Waals surface area (Å²) in [5, 5.41) is 15.6. The molecule has 100 valence electrons. The first-order valence-corrected chi connectivity index (χ1v) is 5.84. The van der Waals surface area contributed by atoms with Crippen molar-refractivity contribution in [3.8, 4) is 0 Å². The molecule has 0 aliphatic rings. The quantitative estimate of drug-likeness (QED) is 0.827. The summed E-state index contributed by atoms with van der Waals surface area (Å²) in [5.74, 6) is -1.14. The van der Waals surface area contributed by atoms with Crippen LogP contribution in [-0.4, -0.2) is 45.2 Å². The molecule has 6 nitrogen and oxygen atoms in total. The SMILES string of the molecule is Cc1cn[nH]c1C(=O)N(C)C(CC(C)C)C(=O)O. The van der Waals surface area contributed by atoms with Crippen LogP contribution < -0.4 is 0 Å². The second-order valence-corrected chi connectivity index (χ2v) is 4.83. The third kappa shape index (κ3) is 3.09.